The number of nitrogens with zero attached hydrogens (tertiary/aromatic N) is 3. The first kappa shape index (κ1) is 15.2. The summed E-state index contributed by atoms with van der Waals surface area (Å²) in [5, 5.41) is 5.58. The highest BCUT2D eigenvalue weighted by Crippen LogP contribution is 2.38. The van der Waals surface area contributed by atoms with Crippen LogP contribution in [0.1, 0.15) is 60.8 Å². The van der Waals surface area contributed by atoms with Gasteiger partial charge in [0, 0.05) is 24.5 Å². The van der Waals surface area contributed by atoms with E-state index in [9.17, 15) is 4.79 Å². The highest BCUT2D eigenvalue weighted by Gasteiger charge is 2.39. The maximum atomic E-state index is 13.2. The summed E-state index contributed by atoms with van der Waals surface area (Å²) >= 11 is 1.60. The average molecular weight is 331 g/mol. The molecule has 4 nitrogen and oxygen atoms in total. The predicted octanol–water partition coefficient (Wildman–Crippen LogP) is 4.13. The summed E-state index contributed by atoms with van der Waals surface area (Å²) in [7, 11) is 1.96. The molecule has 2 aliphatic rings. The number of amides is 1. The van der Waals surface area contributed by atoms with Crippen LogP contribution in [-0.4, -0.2) is 32.7 Å². The van der Waals surface area contributed by atoms with E-state index < -0.39 is 0 Å². The Morgan fingerprint density at radius 3 is 2.39 bits per heavy atom. The average Bonchev–Trinajstić information content (AvgIpc) is 3.18. The van der Waals surface area contributed by atoms with Crippen molar-refractivity contribution in [2.75, 3.05) is 0 Å². The quantitative estimate of drug-likeness (QED) is 0.848. The van der Waals surface area contributed by atoms with E-state index in [4.69, 9.17) is 0 Å². The second-order valence-corrected chi connectivity index (χ2v) is 8.43. The van der Waals surface area contributed by atoms with Gasteiger partial charge in [0.2, 0.25) is 0 Å². The lowest BCUT2D eigenvalue weighted by Crippen LogP contribution is -2.43. The maximum Gasteiger partial charge on any atom is 0.264 e. The Balaban J connectivity index is 1.62. The Kier molecular flexibility index (Phi) is 3.71. The van der Waals surface area contributed by atoms with Crippen molar-refractivity contribution in [1.82, 2.24) is 14.7 Å². The van der Waals surface area contributed by atoms with Gasteiger partial charge >= 0.3 is 0 Å². The highest BCUT2D eigenvalue weighted by molar-refractivity contribution is 7.20. The van der Waals surface area contributed by atoms with Crippen LogP contribution in [-0.2, 0) is 7.05 Å². The Hall–Kier alpha value is -1.36. The van der Waals surface area contributed by atoms with Crippen LogP contribution in [0.3, 0.4) is 0 Å². The lowest BCUT2D eigenvalue weighted by molar-refractivity contribution is 0.0598. The molecule has 0 N–H and O–H groups in total. The number of carbonyl (C=O) groups excluding carboxylic acids is 1. The molecular formula is C18H25N3OS. The molecule has 0 unspecified atom stereocenters. The van der Waals surface area contributed by atoms with E-state index in [1.165, 1.54) is 38.5 Å². The van der Waals surface area contributed by atoms with Crippen molar-refractivity contribution >= 4 is 27.5 Å². The highest BCUT2D eigenvalue weighted by atomic mass is 32.1. The number of hydrogen-bond donors (Lipinski definition) is 0. The number of fused-ring (bicyclic) bond motifs is 1. The molecule has 0 aromatic carbocycles. The molecule has 2 aromatic heterocycles. The Labute approximate surface area is 141 Å². The third-order valence-corrected chi connectivity index (χ3v) is 6.65. The molecule has 0 bridgehead atoms. The van der Waals surface area contributed by atoms with Gasteiger partial charge in [-0.25, -0.2) is 0 Å². The minimum Gasteiger partial charge on any atom is -0.332 e. The van der Waals surface area contributed by atoms with Crippen LogP contribution < -0.4 is 0 Å². The molecule has 0 spiro atoms. The van der Waals surface area contributed by atoms with Gasteiger partial charge in [-0.3, -0.25) is 9.48 Å². The van der Waals surface area contributed by atoms with E-state index in [1.54, 1.807) is 11.3 Å². The minimum absolute atomic E-state index is 0.257. The van der Waals surface area contributed by atoms with Gasteiger partial charge in [0.1, 0.15) is 4.83 Å². The Morgan fingerprint density at radius 1 is 1.22 bits per heavy atom. The molecule has 0 atom stereocenters. The van der Waals surface area contributed by atoms with Crippen molar-refractivity contribution in [2.45, 2.75) is 64.5 Å². The van der Waals surface area contributed by atoms with Crippen molar-refractivity contribution in [1.29, 1.82) is 0 Å². The van der Waals surface area contributed by atoms with Gasteiger partial charge in [-0.15, -0.1) is 11.3 Å². The van der Waals surface area contributed by atoms with Crippen LogP contribution in [0.4, 0.5) is 0 Å². The Bertz CT molecular complexity index is 700. The summed E-state index contributed by atoms with van der Waals surface area (Å²) in [6.45, 7) is 4.35. The topological polar surface area (TPSA) is 38.1 Å². The number of hydrogen-bond acceptors (Lipinski definition) is 3. The van der Waals surface area contributed by atoms with E-state index in [-0.39, 0.29) is 5.91 Å². The molecule has 2 aromatic rings. The van der Waals surface area contributed by atoms with E-state index in [0.717, 1.165) is 26.7 Å². The zero-order chi connectivity index (χ0) is 16.1. The summed E-state index contributed by atoms with van der Waals surface area (Å²) in [5.41, 5.74) is 1.02. The first-order valence-corrected chi connectivity index (χ1v) is 9.62. The second-order valence-electron chi connectivity index (χ2n) is 7.40. The fourth-order valence-corrected chi connectivity index (χ4v) is 5.01. The fraction of sp³-hybridized carbons (Fsp3) is 0.667. The van der Waals surface area contributed by atoms with Gasteiger partial charge in [-0.05, 0) is 57.4 Å². The number of aromatic nitrogens is 2. The maximum absolute atomic E-state index is 13.2. The molecule has 23 heavy (non-hydrogen) atoms. The third kappa shape index (κ3) is 2.69. The molecule has 0 saturated heterocycles. The third-order valence-electron chi connectivity index (χ3n) is 5.46. The van der Waals surface area contributed by atoms with Crippen LogP contribution in [0.15, 0.2) is 6.07 Å². The first-order valence-electron chi connectivity index (χ1n) is 8.80. The standard InChI is InChI=1S/C18H25N3OS/c1-11-4-6-13(7-5-11)21(14-8-9-14)17(22)16-10-15-12(2)19-20(3)18(15)23-16/h10-11,13-14H,4-9H2,1-3H3. The number of rotatable bonds is 3. The van der Waals surface area contributed by atoms with E-state index in [1.807, 2.05) is 18.7 Å². The van der Waals surface area contributed by atoms with Crippen molar-refractivity contribution in [3.63, 3.8) is 0 Å². The zero-order valence-electron chi connectivity index (χ0n) is 14.2. The van der Waals surface area contributed by atoms with Crippen molar-refractivity contribution < 1.29 is 4.79 Å². The van der Waals surface area contributed by atoms with Gasteiger partial charge in [0.15, 0.2) is 0 Å². The molecule has 4 rings (SSSR count). The van der Waals surface area contributed by atoms with Crippen LogP contribution in [0, 0.1) is 12.8 Å². The Morgan fingerprint density at radius 2 is 1.83 bits per heavy atom. The van der Waals surface area contributed by atoms with Gasteiger partial charge < -0.3 is 4.90 Å². The smallest absolute Gasteiger partial charge is 0.264 e. The van der Waals surface area contributed by atoms with Crippen molar-refractivity contribution in [2.24, 2.45) is 13.0 Å². The van der Waals surface area contributed by atoms with Crippen molar-refractivity contribution in [3.05, 3.63) is 16.6 Å². The van der Waals surface area contributed by atoms with Crippen LogP contribution in [0.25, 0.3) is 10.2 Å². The molecule has 1 amide bonds. The van der Waals surface area contributed by atoms with Crippen molar-refractivity contribution in [3.8, 4) is 0 Å². The van der Waals surface area contributed by atoms with Gasteiger partial charge in [-0.2, -0.15) is 5.10 Å². The SMILES string of the molecule is Cc1nn(C)c2sc(C(=O)N(C3CCC(C)CC3)C3CC3)cc12. The summed E-state index contributed by atoms with van der Waals surface area (Å²) in [4.78, 5) is 17.4. The summed E-state index contributed by atoms with van der Waals surface area (Å²) in [5.74, 6) is 1.08. The molecule has 2 fully saturated rings. The van der Waals surface area contributed by atoms with Crippen LogP contribution >= 0.6 is 11.3 Å². The molecule has 0 radical (unpaired) electrons. The van der Waals surface area contributed by atoms with E-state index in [0.29, 0.717) is 12.1 Å². The number of thiophene rings is 1. The zero-order valence-corrected chi connectivity index (χ0v) is 15.0. The molecule has 2 saturated carbocycles. The predicted molar refractivity (Wildman–Crippen MR) is 93.9 cm³/mol. The second kappa shape index (κ2) is 5.62. The van der Waals surface area contributed by atoms with E-state index in [2.05, 4.69) is 23.0 Å². The molecule has 124 valence electrons. The van der Waals surface area contributed by atoms with Crippen LogP contribution in [0.2, 0.25) is 0 Å². The molecule has 5 heteroatoms. The van der Waals surface area contributed by atoms with Gasteiger partial charge in [0.05, 0.1) is 10.6 Å². The molecular weight excluding hydrogens is 306 g/mol. The normalized spacial score (nSPS) is 25.0. The number of aryl methyl sites for hydroxylation is 2. The largest absolute Gasteiger partial charge is 0.332 e. The lowest BCUT2D eigenvalue weighted by Gasteiger charge is -2.36. The fourth-order valence-electron chi connectivity index (χ4n) is 3.94. The van der Waals surface area contributed by atoms with E-state index >= 15 is 0 Å². The molecule has 2 heterocycles. The summed E-state index contributed by atoms with van der Waals surface area (Å²) in [6.07, 6.45) is 7.24. The lowest BCUT2D eigenvalue weighted by atomic mass is 9.86. The monoisotopic (exact) mass is 331 g/mol. The summed E-state index contributed by atoms with van der Waals surface area (Å²) < 4.78 is 1.90. The number of carbonyl (C=O) groups is 1. The van der Waals surface area contributed by atoms with Gasteiger partial charge in [-0.1, -0.05) is 6.92 Å². The molecule has 0 aliphatic heterocycles. The first-order chi connectivity index (χ1) is 11.0. The molecule has 2 aliphatic carbocycles. The minimum atomic E-state index is 0.257. The van der Waals surface area contributed by atoms with Gasteiger partial charge in [0.25, 0.3) is 5.91 Å². The van der Waals surface area contributed by atoms with Crippen LogP contribution in [0.5, 0.6) is 0 Å². The summed E-state index contributed by atoms with van der Waals surface area (Å²) in [6, 6.07) is 3.01.